The minimum atomic E-state index is -3.99. The second-order valence-corrected chi connectivity index (χ2v) is 7.46. The van der Waals surface area contributed by atoms with Gasteiger partial charge in [0, 0.05) is 30.8 Å². The van der Waals surface area contributed by atoms with Crippen LogP contribution in [0.1, 0.15) is 11.1 Å². The van der Waals surface area contributed by atoms with Crippen molar-refractivity contribution in [2.45, 2.75) is 0 Å². The van der Waals surface area contributed by atoms with Gasteiger partial charge in [0.1, 0.15) is 0 Å². The van der Waals surface area contributed by atoms with E-state index in [4.69, 9.17) is 15.0 Å². The summed E-state index contributed by atoms with van der Waals surface area (Å²) in [5.74, 6) is 0. The van der Waals surface area contributed by atoms with E-state index in [0.29, 0.717) is 5.56 Å². The Balaban J connectivity index is 2.09. The number of hydrogen-bond donors (Lipinski definition) is 3. The zero-order valence-electron chi connectivity index (χ0n) is 14.7. The number of nitrogens with zero attached hydrogens (tertiary/aromatic N) is 2. The van der Waals surface area contributed by atoms with Gasteiger partial charge < -0.3 is 15.1 Å². The van der Waals surface area contributed by atoms with Crippen LogP contribution in [0.2, 0.25) is 0 Å². The van der Waals surface area contributed by atoms with Gasteiger partial charge in [-0.1, -0.05) is 18.7 Å². The van der Waals surface area contributed by atoms with Gasteiger partial charge in [0.15, 0.2) is 12.4 Å². The number of pyridine rings is 1. The summed E-state index contributed by atoms with van der Waals surface area (Å²) in [7, 11) is -3.99. The highest BCUT2D eigenvalue weighted by Gasteiger charge is 2.10. The number of rotatable bonds is 8. The molecule has 0 bridgehead atoms. The monoisotopic (exact) mass is 382 g/mol. The van der Waals surface area contributed by atoms with E-state index in [1.165, 1.54) is 0 Å². The maximum absolute atomic E-state index is 10.8. The fourth-order valence-corrected chi connectivity index (χ4v) is 2.74. The molecule has 0 saturated heterocycles. The maximum atomic E-state index is 10.8. The lowest BCUT2D eigenvalue weighted by Gasteiger charge is -2.04. The van der Waals surface area contributed by atoms with Gasteiger partial charge in [-0.05, 0) is 35.5 Å². The summed E-state index contributed by atoms with van der Waals surface area (Å²) in [5, 5.41) is 11.7. The van der Waals surface area contributed by atoms with Crippen molar-refractivity contribution < 1.29 is 18.9 Å². The van der Waals surface area contributed by atoms with Crippen LogP contribution in [0.5, 0.6) is 0 Å². The predicted octanol–water partition coefficient (Wildman–Crippen LogP) is 2.69. The Kier molecular flexibility index (Phi) is 7.27. The third kappa shape index (κ3) is 6.69. The molecule has 0 radical (unpaired) electrons. The van der Waals surface area contributed by atoms with Crippen LogP contribution in [0.3, 0.4) is 0 Å². The highest BCUT2D eigenvalue weighted by atomic mass is 31.2. The zero-order valence-corrected chi connectivity index (χ0v) is 15.6. The lowest BCUT2D eigenvalue weighted by Crippen LogP contribution is -2.29. The van der Waals surface area contributed by atoms with Gasteiger partial charge in [-0.3, -0.25) is 4.57 Å². The molecule has 138 valence electrons. The summed E-state index contributed by atoms with van der Waals surface area (Å²) >= 11 is 0. The van der Waals surface area contributed by atoms with Crippen molar-refractivity contribution in [3.8, 4) is 11.8 Å². The van der Waals surface area contributed by atoms with E-state index in [1.807, 2.05) is 53.4 Å². The smallest absolute Gasteiger partial charge is 0.327 e. The molecule has 0 amide bonds. The standard InChI is InChI=1S/C20H20N3O3P/c1-2-3-18(8-11-22-12-15-27(24,25)26)19-9-13-23(14-10-19)20-6-4-17(16-21)5-7-20/h2-11,13-14,22H,1,12,15H2,(H-,24,25,26)/p+1/b11-8-,18-3+. The Morgan fingerprint density at radius 2 is 1.89 bits per heavy atom. The Labute approximate surface area is 158 Å². The normalized spacial score (nSPS) is 12.0. The molecule has 3 N–H and O–H groups in total. The molecule has 0 spiro atoms. The Morgan fingerprint density at radius 3 is 2.44 bits per heavy atom. The van der Waals surface area contributed by atoms with Crippen molar-refractivity contribution in [2.24, 2.45) is 0 Å². The first-order valence-corrected chi connectivity index (χ1v) is 10.0. The van der Waals surface area contributed by atoms with E-state index < -0.39 is 7.60 Å². The fourth-order valence-electron chi connectivity index (χ4n) is 2.32. The molecule has 0 unspecified atom stereocenters. The van der Waals surface area contributed by atoms with Crippen LogP contribution in [0.15, 0.2) is 79.8 Å². The molecule has 0 atom stereocenters. The van der Waals surface area contributed by atoms with E-state index in [1.54, 1.807) is 24.4 Å². The van der Waals surface area contributed by atoms with Gasteiger partial charge in [-0.2, -0.15) is 9.83 Å². The first kappa shape index (κ1) is 20.3. The quantitative estimate of drug-likeness (QED) is 0.282. The zero-order chi connectivity index (χ0) is 19.7. The second-order valence-electron chi connectivity index (χ2n) is 5.69. The number of aromatic nitrogens is 1. The van der Waals surface area contributed by atoms with Crippen LogP contribution in [0.25, 0.3) is 11.3 Å². The van der Waals surface area contributed by atoms with Gasteiger partial charge in [0.2, 0.25) is 5.69 Å². The number of nitriles is 1. The molecule has 0 aliphatic carbocycles. The van der Waals surface area contributed by atoms with Gasteiger partial charge in [0.25, 0.3) is 0 Å². The van der Waals surface area contributed by atoms with Crippen LogP contribution in [0, 0.1) is 11.3 Å². The number of benzene rings is 1. The molecule has 2 rings (SSSR count). The molecular weight excluding hydrogens is 361 g/mol. The van der Waals surface area contributed by atoms with Crippen LogP contribution in [-0.4, -0.2) is 22.5 Å². The molecule has 0 saturated carbocycles. The van der Waals surface area contributed by atoms with E-state index in [9.17, 15) is 4.57 Å². The van der Waals surface area contributed by atoms with Crippen LogP contribution in [-0.2, 0) is 4.57 Å². The molecule has 1 aromatic heterocycles. The molecule has 6 nitrogen and oxygen atoms in total. The summed E-state index contributed by atoms with van der Waals surface area (Å²) in [5.41, 5.74) is 3.43. The summed E-state index contributed by atoms with van der Waals surface area (Å²) in [6, 6.07) is 13.3. The van der Waals surface area contributed by atoms with E-state index in [0.717, 1.165) is 16.8 Å². The summed E-state index contributed by atoms with van der Waals surface area (Å²) in [6.45, 7) is 3.91. The molecular formula is C20H21N3O3P+. The molecule has 0 aliphatic rings. The molecule has 0 fully saturated rings. The Morgan fingerprint density at radius 1 is 1.22 bits per heavy atom. The van der Waals surface area contributed by atoms with Crippen molar-refractivity contribution in [1.29, 1.82) is 5.26 Å². The minimum Gasteiger partial charge on any atom is -0.390 e. The molecule has 1 aromatic carbocycles. The van der Waals surface area contributed by atoms with Crippen molar-refractivity contribution in [3.63, 3.8) is 0 Å². The lowest BCUT2D eigenvalue weighted by molar-refractivity contribution is -0.595. The average molecular weight is 382 g/mol. The summed E-state index contributed by atoms with van der Waals surface area (Å²) in [6.07, 6.45) is 10.6. The highest BCUT2D eigenvalue weighted by Crippen LogP contribution is 2.32. The third-order valence-electron chi connectivity index (χ3n) is 3.68. The third-order valence-corrected chi connectivity index (χ3v) is 4.49. The van der Waals surface area contributed by atoms with Gasteiger partial charge in [-0.15, -0.1) is 0 Å². The molecule has 7 heteroatoms. The van der Waals surface area contributed by atoms with Crippen LogP contribution < -0.4 is 9.88 Å². The largest absolute Gasteiger partial charge is 0.390 e. The second kappa shape index (κ2) is 9.65. The molecule has 0 aliphatic heterocycles. The van der Waals surface area contributed by atoms with Crippen molar-refractivity contribution in [2.75, 3.05) is 12.7 Å². The predicted molar refractivity (Wildman–Crippen MR) is 105 cm³/mol. The highest BCUT2D eigenvalue weighted by molar-refractivity contribution is 7.51. The van der Waals surface area contributed by atoms with E-state index in [2.05, 4.69) is 18.0 Å². The summed E-state index contributed by atoms with van der Waals surface area (Å²) in [4.78, 5) is 17.7. The van der Waals surface area contributed by atoms with Gasteiger partial charge in [-0.25, -0.2) is 0 Å². The maximum Gasteiger partial charge on any atom is 0.327 e. The molecule has 1 heterocycles. The molecule has 2 aromatic rings. The van der Waals surface area contributed by atoms with Crippen molar-refractivity contribution in [3.05, 3.63) is 90.9 Å². The van der Waals surface area contributed by atoms with Crippen molar-refractivity contribution >= 4 is 13.2 Å². The van der Waals surface area contributed by atoms with E-state index >= 15 is 0 Å². The topological polar surface area (TPSA) is 97.2 Å². The van der Waals surface area contributed by atoms with Crippen LogP contribution >= 0.6 is 7.60 Å². The first-order chi connectivity index (χ1) is 12.9. The fraction of sp³-hybridized carbons (Fsp3) is 0.100. The number of allylic oxidation sites excluding steroid dienone is 4. The van der Waals surface area contributed by atoms with E-state index in [-0.39, 0.29) is 12.7 Å². The van der Waals surface area contributed by atoms with Gasteiger partial charge >= 0.3 is 7.60 Å². The van der Waals surface area contributed by atoms with Crippen molar-refractivity contribution in [1.82, 2.24) is 5.32 Å². The number of hydrogen-bond acceptors (Lipinski definition) is 3. The van der Waals surface area contributed by atoms with Crippen LogP contribution in [0.4, 0.5) is 0 Å². The molecule has 27 heavy (non-hydrogen) atoms. The Hall–Kier alpha value is -2.97. The number of nitrogens with one attached hydrogen (secondary N) is 1. The first-order valence-electron chi connectivity index (χ1n) is 8.22. The SMILES string of the molecule is C=C/C=C(\C=C/NCCP(=O)(O)O)c1cc[n+](-c2ccc(C#N)cc2)cc1. The minimum absolute atomic E-state index is 0.190. The van der Waals surface area contributed by atoms with Gasteiger partial charge in [0.05, 0.1) is 17.8 Å². The average Bonchev–Trinajstić information content (AvgIpc) is 2.66. The summed E-state index contributed by atoms with van der Waals surface area (Å²) < 4.78 is 12.8. The Bertz CT molecular complexity index is 920. The lowest BCUT2D eigenvalue weighted by atomic mass is 10.1.